The minimum atomic E-state index is -0.490. The summed E-state index contributed by atoms with van der Waals surface area (Å²) in [5.74, 6) is 0.527. The molecule has 5 nitrogen and oxygen atoms in total. The van der Waals surface area contributed by atoms with Gasteiger partial charge in [-0.2, -0.15) is 0 Å². The molecule has 7 heteroatoms. The van der Waals surface area contributed by atoms with Crippen molar-refractivity contribution in [2.45, 2.75) is 18.8 Å². The van der Waals surface area contributed by atoms with Gasteiger partial charge < -0.3 is 14.6 Å². The number of imidazole rings is 1. The number of halogens is 2. The van der Waals surface area contributed by atoms with E-state index >= 15 is 0 Å². The number of nitrogens with zero attached hydrogens (tertiary/aromatic N) is 2. The second-order valence-corrected chi connectivity index (χ2v) is 7.60. The molecule has 0 aliphatic carbocycles. The number of benzene rings is 2. The van der Waals surface area contributed by atoms with Gasteiger partial charge in [-0.1, -0.05) is 28.1 Å². The fourth-order valence-electron chi connectivity index (χ4n) is 3.42. The lowest BCUT2D eigenvalue weighted by molar-refractivity contribution is -0.134. The molecule has 0 saturated carbocycles. The summed E-state index contributed by atoms with van der Waals surface area (Å²) in [6, 6.07) is 12.4. The van der Waals surface area contributed by atoms with E-state index in [1.54, 1.807) is 11.0 Å². The zero-order valence-corrected chi connectivity index (χ0v) is 16.2. The Morgan fingerprint density at radius 3 is 3.00 bits per heavy atom. The molecule has 3 aromatic rings. The molecule has 0 bridgehead atoms. The van der Waals surface area contributed by atoms with Crippen LogP contribution in [0.3, 0.4) is 0 Å². The maximum absolute atomic E-state index is 13.8. The number of aromatic amines is 1. The van der Waals surface area contributed by atoms with Crippen molar-refractivity contribution in [3.8, 4) is 5.75 Å². The summed E-state index contributed by atoms with van der Waals surface area (Å²) < 4.78 is 19.8. The number of rotatable bonds is 4. The van der Waals surface area contributed by atoms with Crippen LogP contribution in [-0.2, 0) is 4.79 Å². The predicted octanol–water partition coefficient (Wildman–Crippen LogP) is 4.25. The van der Waals surface area contributed by atoms with E-state index in [0.717, 1.165) is 29.7 Å². The molecule has 27 heavy (non-hydrogen) atoms. The topological polar surface area (TPSA) is 58.2 Å². The molecule has 140 valence electrons. The summed E-state index contributed by atoms with van der Waals surface area (Å²) in [7, 11) is 0. The molecule has 1 aromatic heterocycles. The number of amides is 1. The van der Waals surface area contributed by atoms with Crippen molar-refractivity contribution in [1.29, 1.82) is 0 Å². The van der Waals surface area contributed by atoms with E-state index < -0.39 is 5.82 Å². The van der Waals surface area contributed by atoms with Crippen molar-refractivity contribution in [2.75, 3.05) is 19.7 Å². The third-order valence-electron chi connectivity index (χ3n) is 4.81. The van der Waals surface area contributed by atoms with Gasteiger partial charge in [-0.15, -0.1) is 0 Å². The number of para-hydroxylation sites is 2. The summed E-state index contributed by atoms with van der Waals surface area (Å²) in [6.45, 7) is 1.10. The smallest absolute Gasteiger partial charge is 0.260 e. The summed E-state index contributed by atoms with van der Waals surface area (Å²) in [5, 5.41) is 0. The van der Waals surface area contributed by atoms with Crippen LogP contribution in [0.1, 0.15) is 24.6 Å². The van der Waals surface area contributed by atoms with E-state index in [1.165, 1.54) is 12.1 Å². The van der Waals surface area contributed by atoms with Gasteiger partial charge in [0.2, 0.25) is 0 Å². The van der Waals surface area contributed by atoms with Gasteiger partial charge in [0, 0.05) is 23.5 Å². The molecule has 0 radical (unpaired) electrons. The maximum Gasteiger partial charge on any atom is 0.260 e. The zero-order valence-electron chi connectivity index (χ0n) is 14.6. The van der Waals surface area contributed by atoms with Crippen molar-refractivity contribution in [1.82, 2.24) is 14.9 Å². The molecule has 2 heterocycles. The number of hydrogen-bond donors (Lipinski definition) is 1. The Morgan fingerprint density at radius 2 is 2.19 bits per heavy atom. The van der Waals surface area contributed by atoms with Gasteiger partial charge in [-0.25, -0.2) is 9.37 Å². The van der Waals surface area contributed by atoms with E-state index in [0.29, 0.717) is 17.6 Å². The largest absolute Gasteiger partial charge is 0.481 e. The molecule has 0 spiro atoms. The first kappa shape index (κ1) is 18.0. The normalized spacial score (nSPS) is 17.3. The first-order valence-corrected chi connectivity index (χ1v) is 9.70. The summed E-state index contributed by atoms with van der Waals surface area (Å²) in [4.78, 5) is 22.3. The first-order chi connectivity index (χ1) is 13.1. The lowest BCUT2D eigenvalue weighted by atomic mass is 9.97. The van der Waals surface area contributed by atoms with Crippen LogP contribution in [0, 0.1) is 5.82 Å². The van der Waals surface area contributed by atoms with Crippen LogP contribution in [0.4, 0.5) is 4.39 Å². The van der Waals surface area contributed by atoms with Gasteiger partial charge in [0.25, 0.3) is 5.91 Å². The third-order valence-corrected chi connectivity index (χ3v) is 5.31. The summed E-state index contributed by atoms with van der Waals surface area (Å²) in [5.41, 5.74) is 1.94. The van der Waals surface area contributed by atoms with Crippen molar-refractivity contribution in [3.05, 3.63) is 58.6 Å². The van der Waals surface area contributed by atoms with Crippen molar-refractivity contribution in [2.24, 2.45) is 0 Å². The zero-order chi connectivity index (χ0) is 18.8. The number of H-pyrrole nitrogens is 1. The Balaban J connectivity index is 1.40. The summed E-state index contributed by atoms with van der Waals surface area (Å²) in [6.07, 6.45) is 1.88. The number of carbonyl (C=O) groups excluding carboxylic acids is 1. The predicted molar refractivity (Wildman–Crippen MR) is 104 cm³/mol. The minimum absolute atomic E-state index is 0.0809. The van der Waals surface area contributed by atoms with Crippen LogP contribution in [0.25, 0.3) is 11.0 Å². The van der Waals surface area contributed by atoms with E-state index in [-0.39, 0.29) is 24.2 Å². The van der Waals surface area contributed by atoms with Crippen LogP contribution < -0.4 is 4.74 Å². The molecule has 1 atom stereocenters. The number of fused-ring (bicyclic) bond motifs is 1. The summed E-state index contributed by atoms with van der Waals surface area (Å²) >= 11 is 3.20. The fourth-order valence-corrected chi connectivity index (χ4v) is 3.75. The SMILES string of the molecule is O=C(COc1ccc(Br)cc1F)N1CCCC(c2nc3ccccc3[nH]2)C1. The van der Waals surface area contributed by atoms with Gasteiger partial charge in [-0.3, -0.25) is 4.79 Å². The number of aromatic nitrogens is 2. The highest BCUT2D eigenvalue weighted by Gasteiger charge is 2.27. The Hall–Kier alpha value is -2.41. The highest BCUT2D eigenvalue weighted by atomic mass is 79.9. The molecule has 1 amide bonds. The van der Waals surface area contributed by atoms with E-state index in [1.807, 2.05) is 24.3 Å². The van der Waals surface area contributed by atoms with Gasteiger partial charge >= 0.3 is 0 Å². The van der Waals surface area contributed by atoms with Gasteiger partial charge in [0.05, 0.1) is 11.0 Å². The Morgan fingerprint density at radius 1 is 1.33 bits per heavy atom. The standard InChI is InChI=1S/C20H19BrFN3O2/c21-14-7-8-18(15(22)10-14)27-12-19(26)25-9-3-4-13(11-25)20-23-16-5-1-2-6-17(16)24-20/h1-2,5-8,10,13H,3-4,9,11-12H2,(H,23,24). The number of nitrogens with one attached hydrogen (secondary N) is 1. The Kier molecular flexibility index (Phi) is 5.11. The van der Waals surface area contributed by atoms with Crippen LogP contribution in [0.15, 0.2) is 46.9 Å². The highest BCUT2D eigenvalue weighted by molar-refractivity contribution is 9.10. The molecule has 1 saturated heterocycles. The Bertz CT molecular complexity index is 942. The molecule has 1 aliphatic rings. The number of ether oxygens (including phenoxy) is 1. The monoisotopic (exact) mass is 431 g/mol. The number of hydrogen-bond acceptors (Lipinski definition) is 3. The fraction of sp³-hybridized carbons (Fsp3) is 0.300. The number of carbonyl (C=O) groups is 1. The molecule has 4 rings (SSSR count). The second kappa shape index (κ2) is 7.68. The highest BCUT2D eigenvalue weighted by Crippen LogP contribution is 2.27. The lowest BCUT2D eigenvalue weighted by Crippen LogP contribution is -2.41. The average molecular weight is 432 g/mol. The van der Waals surface area contributed by atoms with E-state index in [9.17, 15) is 9.18 Å². The molecular weight excluding hydrogens is 413 g/mol. The average Bonchev–Trinajstić information content (AvgIpc) is 3.11. The molecule has 1 N–H and O–H groups in total. The van der Waals surface area contributed by atoms with Gasteiger partial charge in [0.1, 0.15) is 5.82 Å². The maximum atomic E-state index is 13.8. The van der Waals surface area contributed by atoms with Crippen LogP contribution in [0.5, 0.6) is 5.75 Å². The van der Waals surface area contributed by atoms with Crippen molar-refractivity contribution in [3.63, 3.8) is 0 Å². The van der Waals surface area contributed by atoms with Gasteiger partial charge in [-0.05, 0) is 43.2 Å². The third kappa shape index (κ3) is 3.98. The molecular formula is C20H19BrFN3O2. The van der Waals surface area contributed by atoms with Crippen LogP contribution in [0.2, 0.25) is 0 Å². The van der Waals surface area contributed by atoms with Crippen molar-refractivity contribution >= 4 is 32.9 Å². The molecule has 2 aromatic carbocycles. The minimum Gasteiger partial charge on any atom is -0.481 e. The lowest BCUT2D eigenvalue weighted by Gasteiger charge is -2.31. The van der Waals surface area contributed by atoms with Crippen LogP contribution >= 0.6 is 15.9 Å². The number of piperidine rings is 1. The number of likely N-dealkylation sites (tertiary alicyclic amines) is 1. The molecule has 1 fully saturated rings. The Labute approximate surface area is 164 Å². The van der Waals surface area contributed by atoms with E-state index in [2.05, 4.69) is 25.9 Å². The molecule has 1 aliphatic heterocycles. The van der Waals surface area contributed by atoms with Crippen molar-refractivity contribution < 1.29 is 13.9 Å². The second-order valence-electron chi connectivity index (χ2n) is 6.68. The quantitative estimate of drug-likeness (QED) is 0.671. The van der Waals surface area contributed by atoms with E-state index in [4.69, 9.17) is 4.74 Å². The molecule has 1 unspecified atom stereocenters. The van der Waals surface area contributed by atoms with Gasteiger partial charge in [0.15, 0.2) is 18.2 Å². The first-order valence-electron chi connectivity index (χ1n) is 8.90. The van der Waals surface area contributed by atoms with Crippen LogP contribution in [-0.4, -0.2) is 40.5 Å².